The van der Waals surface area contributed by atoms with Gasteiger partial charge in [-0.1, -0.05) is 6.92 Å². The average Bonchev–Trinajstić information content (AvgIpc) is 2.54. The molecule has 1 heterocycles. The number of nitrogens with two attached hydrogens (primary N) is 1. The van der Waals surface area contributed by atoms with Crippen LogP contribution in [0.3, 0.4) is 0 Å². The second-order valence-corrected chi connectivity index (χ2v) is 4.40. The third-order valence-electron chi connectivity index (χ3n) is 2.06. The summed E-state index contributed by atoms with van der Waals surface area (Å²) in [6, 6.07) is 0. The molecule has 1 unspecified atom stereocenters. The highest BCUT2D eigenvalue weighted by molar-refractivity contribution is 7.99. The maximum Gasteiger partial charge on any atom is 0.0948 e. The van der Waals surface area contributed by atoms with E-state index in [-0.39, 0.29) is 0 Å². The maximum atomic E-state index is 5.51. The zero-order chi connectivity index (χ0) is 9.68. The van der Waals surface area contributed by atoms with Crippen LogP contribution in [0, 0.1) is 0 Å². The lowest BCUT2D eigenvalue weighted by Crippen LogP contribution is -2.13. The molecule has 3 nitrogen and oxygen atoms in total. The summed E-state index contributed by atoms with van der Waals surface area (Å²) in [5.41, 5.74) is 6.74. The minimum Gasteiger partial charge on any atom is -0.333 e. The van der Waals surface area contributed by atoms with Crippen LogP contribution in [-0.2, 0) is 13.0 Å². The Morgan fingerprint density at radius 1 is 1.69 bits per heavy atom. The molecule has 0 saturated heterocycles. The lowest BCUT2D eigenvalue weighted by molar-refractivity contribution is 0.655. The van der Waals surface area contributed by atoms with Crippen LogP contribution in [0.2, 0.25) is 0 Å². The van der Waals surface area contributed by atoms with E-state index in [1.807, 2.05) is 24.3 Å². The lowest BCUT2D eigenvalue weighted by atomic mass is 10.3. The molecule has 13 heavy (non-hydrogen) atoms. The summed E-state index contributed by atoms with van der Waals surface area (Å²) in [7, 11) is 0. The van der Waals surface area contributed by atoms with E-state index in [2.05, 4.69) is 22.7 Å². The smallest absolute Gasteiger partial charge is 0.0948 e. The molecular formula is C9H17N3S. The third-order valence-corrected chi connectivity index (χ3v) is 3.01. The largest absolute Gasteiger partial charge is 0.333 e. The highest BCUT2D eigenvalue weighted by Crippen LogP contribution is 2.10. The van der Waals surface area contributed by atoms with Crippen LogP contribution in [-0.4, -0.2) is 27.6 Å². The second-order valence-electron chi connectivity index (χ2n) is 3.12. The van der Waals surface area contributed by atoms with Crippen LogP contribution in [0.4, 0.5) is 0 Å². The van der Waals surface area contributed by atoms with E-state index in [1.165, 1.54) is 5.69 Å². The number of aromatic nitrogens is 2. The van der Waals surface area contributed by atoms with Crippen molar-refractivity contribution < 1.29 is 0 Å². The van der Waals surface area contributed by atoms with Gasteiger partial charge in [0.25, 0.3) is 0 Å². The molecule has 2 N–H and O–H groups in total. The molecule has 0 aliphatic carbocycles. The molecule has 0 saturated carbocycles. The van der Waals surface area contributed by atoms with E-state index in [0.29, 0.717) is 11.8 Å². The van der Waals surface area contributed by atoms with Gasteiger partial charge in [0.2, 0.25) is 0 Å². The van der Waals surface area contributed by atoms with Gasteiger partial charge in [0.1, 0.15) is 0 Å². The van der Waals surface area contributed by atoms with Gasteiger partial charge in [0.05, 0.1) is 6.33 Å². The zero-order valence-corrected chi connectivity index (χ0v) is 9.05. The first-order chi connectivity index (χ1) is 6.27. The molecule has 1 atom stereocenters. The predicted molar refractivity (Wildman–Crippen MR) is 58.0 cm³/mol. The molecular weight excluding hydrogens is 182 g/mol. The summed E-state index contributed by atoms with van der Waals surface area (Å²) in [6.07, 6.45) is 6.84. The van der Waals surface area contributed by atoms with E-state index < -0.39 is 0 Å². The molecule has 4 heteroatoms. The van der Waals surface area contributed by atoms with Crippen molar-refractivity contribution in [2.45, 2.75) is 25.1 Å². The third kappa shape index (κ3) is 3.04. The highest BCUT2D eigenvalue weighted by atomic mass is 32.2. The van der Waals surface area contributed by atoms with Gasteiger partial charge >= 0.3 is 0 Å². The van der Waals surface area contributed by atoms with Gasteiger partial charge in [-0.25, -0.2) is 4.98 Å². The summed E-state index contributed by atoms with van der Waals surface area (Å²) < 4.78 is 2.19. The Morgan fingerprint density at radius 3 is 3.08 bits per heavy atom. The highest BCUT2D eigenvalue weighted by Gasteiger charge is 2.04. The fourth-order valence-corrected chi connectivity index (χ4v) is 1.53. The Morgan fingerprint density at radius 2 is 2.46 bits per heavy atom. The fraction of sp³-hybridized carbons (Fsp3) is 0.667. The first-order valence-electron chi connectivity index (χ1n) is 4.49. The van der Waals surface area contributed by atoms with Crippen molar-refractivity contribution in [1.82, 2.24) is 9.55 Å². The van der Waals surface area contributed by atoms with Crippen molar-refractivity contribution in [1.29, 1.82) is 0 Å². The van der Waals surface area contributed by atoms with Gasteiger partial charge in [-0.2, -0.15) is 11.8 Å². The van der Waals surface area contributed by atoms with Crippen LogP contribution >= 0.6 is 11.8 Å². The molecule has 0 aromatic carbocycles. The van der Waals surface area contributed by atoms with Crippen LogP contribution in [0.25, 0.3) is 0 Å². The van der Waals surface area contributed by atoms with Gasteiger partial charge in [-0.05, 0) is 12.8 Å². The van der Waals surface area contributed by atoms with Crippen LogP contribution in [0.1, 0.15) is 12.6 Å². The van der Waals surface area contributed by atoms with Crippen molar-refractivity contribution >= 4 is 11.8 Å². The zero-order valence-electron chi connectivity index (χ0n) is 8.23. The molecule has 0 aliphatic rings. The Bertz CT molecular complexity index is 247. The predicted octanol–water partition coefficient (Wildman–Crippen LogP) is 1.14. The van der Waals surface area contributed by atoms with E-state index in [4.69, 9.17) is 5.73 Å². The fourth-order valence-electron chi connectivity index (χ4n) is 1.22. The van der Waals surface area contributed by atoms with E-state index >= 15 is 0 Å². The molecule has 0 bridgehead atoms. The van der Waals surface area contributed by atoms with E-state index in [9.17, 15) is 0 Å². The van der Waals surface area contributed by atoms with Gasteiger partial charge in [-0.15, -0.1) is 0 Å². The van der Waals surface area contributed by atoms with E-state index in [1.54, 1.807) is 0 Å². The number of rotatable bonds is 5. The van der Waals surface area contributed by atoms with Crippen molar-refractivity contribution in [3.8, 4) is 0 Å². The minimum absolute atomic E-state index is 0.630. The van der Waals surface area contributed by atoms with Gasteiger partial charge in [0, 0.05) is 30.1 Å². The minimum atomic E-state index is 0.630. The van der Waals surface area contributed by atoms with Crippen LogP contribution < -0.4 is 5.73 Å². The summed E-state index contributed by atoms with van der Waals surface area (Å²) in [6.45, 7) is 3.94. The normalized spacial score (nSPS) is 13.2. The monoisotopic (exact) mass is 199 g/mol. The molecule has 0 radical (unpaired) electrons. The number of thioether (sulfide) groups is 1. The molecule has 1 rings (SSSR count). The number of nitrogens with zero attached hydrogens (tertiary/aromatic N) is 2. The van der Waals surface area contributed by atoms with Crippen LogP contribution in [0.15, 0.2) is 12.5 Å². The summed E-state index contributed by atoms with van der Waals surface area (Å²) in [4.78, 5) is 4.13. The number of hydrogen-bond acceptors (Lipinski definition) is 3. The Balaban J connectivity index is 2.59. The van der Waals surface area contributed by atoms with Crippen molar-refractivity contribution in [3.05, 3.63) is 18.2 Å². The molecule has 0 aliphatic heterocycles. The Hall–Kier alpha value is -0.480. The standard InChI is InChI=1S/C9H17N3S/c1-8(13-2)6-12-7-11-5-9(12)3-4-10/h5,7-8H,3-4,6,10H2,1-2H3. The SMILES string of the molecule is CSC(C)Cn1cncc1CCN. The molecule has 0 spiro atoms. The molecule has 1 aromatic heterocycles. The summed E-state index contributed by atoms with van der Waals surface area (Å²) in [5.74, 6) is 0. The Kier molecular flexibility index (Phi) is 4.32. The second kappa shape index (κ2) is 5.29. The van der Waals surface area contributed by atoms with Crippen molar-refractivity contribution in [3.63, 3.8) is 0 Å². The first kappa shape index (κ1) is 10.6. The Labute approximate surface area is 83.7 Å². The van der Waals surface area contributed by atoms with Crippen molar-refractivity contribution in [2.24, 2.45) is 5.73 Å². The molecule has 74 valence electrons. The molecule has 1 aromatic rings. The lowest BCUT2D eigenvalue weighted by Gasteiger charge is -2.11. The summed E-state index contributed by atoms with van der Waals surface area (Å²) in [5, 5.41) is 0.630. The van der Waals surface area contributed by atoms with Gasteiger partial charge in [-0.3, -0.25) is 0 Å². The number of hydrogen-bond donors (Lipinski definition) is 1. The first-order valence-corrected chi connectivity index (χ1v) is 5.78. The van der Waals surface area contributed by atoms with Gasteiger partial charge in [0.15, 0.2) is 0 Å². The van der Waals surface area contributed by atoms with Gasteiger partial charge < -0.3 is 10.3 Å². The summed E-state index contributed by atoms with van der Waals surface area (Å²) >= 11 is 1.87. The maximum absolute atomic E-state index is 5.51. The quantitative estimate of drug-likeness (QED) is 0.773. The van der Waals surface area contributed by atoms with Crippen molar-refractivity contribution in [2.75, 3.05) is 12.8 Å². The topological polar surface area (TPSA) is 43.8 Å². The molecule has 0 fully saturated rings. The van der Waals surface area contributed by atoms with Crippen LogP contribution in [0.5, 0.6) is 0 Å². The molecule has 0 amide bonds. The number of imidazole rings is 1. The van der Waals surface area contributed by atoms with E-state index in [0.717, 1.165) is 13.0 Å². The average molecular weight is 199 g/mol.